The average molecular weight is 403 g/mol. The predicted octanol–water partition coefficient (Wildman–Crippen LogP) is 5.25. The van der Waals surface area contributed by atoms with E-state index in [1.54, 1.807) is 0 Å². The summed E-state index contributed by atoms with van der Waals surface area (Å²) in [6.45, 7) is 5.84. The van der Waals surface area contributed by atoms with Crippen LogP contribution in [0.25, 0.3) is 11.4 Å². The number of alkyl halides is 3. The van der Waals surface area contributed by atoms with Crippen LogP contribution >= 0.6 is 0 Å². The van der Waals surface area contributed by atoms with E-state index in [4.69, 9.17) is 4.52 Å². The first-order chi connectivity index (χ1) is 13.6. The Morgan fingerprint density at radius 1 is 1.10 bits per heavy atom. The minimum atomic E-state index is -4.45. The van der Waals surface area contributed by atoms with E-state index in [1.165, 1.54) is 12.1 Å². The quantitative estimate of drug-likeness (QED) is 0.632. The number of carbonyl (C=O) groups excluding carboxylic acids is 1. The van der Waals surface area contributed by atoms with Crippen molar-refractivity contribution in [2.75, 3.05) is 5.32 Å². The second-order valence-electron chi connectivity index (χ2n) is 6.91. The Balaban J connectivity index is 1.65. The van der Waals surface area contributed by atoms with Gasteiger partial charge in [-0.25, -0.2) is 0 Å². The summed E-state index contributed by atoms with van der Waals surface area (Å²) in [5, 5.41) is 6.61. The summed E-state index contributed by atoms with van der Waals surface area (Å²) in [7, 11) is 0. The molecule has 5 nitrogen and oxygen atoms in total. The van der Waals surface area contributed by atoms with Gasteiger partial charge in [0.2, 0.25) is 17.6 Å². The zero-order valence-corrected chi connectivity index (χ0v) is 16.2. The van der Waals surface area contributed by atoms with E-state index < -0.39 is 11.7 Å². The van der Waals surface area contributed by atoms with Gasteiger partial charge < -0.3 is 9.84 Å². The molecule has 0 aliphatic heterocycles. The topological polar surface area (TPSA) is 68.0 Å². The molecule has 0 aliphatic carbocycles. The summed E-state index contributed by atoms with van der Waals surface area (Å²) in [6.07, 6.45) is -4.16. The van der Waals surface area contributed by atoms with Crippen LogP contribution in [0, 0.1) is 20.8 Å². The average Bonchev–Trinajstić information content (AvgIpc) is 3.11. The minimum absolute atomic E-state index is 0.0525. The Kier molecular flexibility index (Phi) is 5.72. The van der Waals surface area contributed by atoms with Crippen LogP contribution in [0.1, 0.15) is 34.6 Å². The number of anilines is 1. The second-order valence-corrected chi connectivity index (χ2v) is 6.91. The van der Waals surface area contributed by atoms with Gasteiger partial charge in [0.05, 0.1) is 5.56 Å². The van der Waals surface area contributed by atoms with Crippen LogP contribution in [0.3, 0.4) is 0 Å². The maximum absolute atomic E-state index is 12.8. The fraction of sp³-hybridized carbons (Fsp3) is 0.286. The zero-order chi connectivity index (χ0) is 21.2. The molecule has 0 atom stereocenters. The molecular formula is C21H20F3N3O2. The fourth-order valence-corrected chi connectivity index (χ4v) is 3.11. The lowest BCUT2D eigenvalue weighted by atomic mass is 10.0. The van der Waals surface area contributed by atoms with Gasteiger partial charge in [0.1, 0.15) is 0 Å². The lowest BCUT2D eigenvalue weighted by Crippen LogP contribution is -2.14. The van der Waals surface area contributed by atoms with E-state index in [9.17, 15) is 18.0 Å². The number of carbonyl (C=O) groups is 1. The molecule has 152 valence electrons. The molecule has 2 aromatic carbocycles. The van der Waals surface area contributed by atoms with E-state index in [0.29, 0.717) is 0 Å². The molecule has 3 aromatic rings. The van der Waals surface area contributed by atoms with Gasteiger partial charge in [0.25, 0.3) is 0 Å². The lowest BCUT2D eigenvalue weighted by molar-refractivity contribution is -0.137. The molecule has 29 heavy (non-hydrogen) atoms. The molecule has 0 fully saturated rings. The van der Waals surface area contributed by atoms with Gasteiger partial charge in [-0.1, -0.05) is 35.0 Å². The van der Waals surface area contributed by atoms with Crippen molar-refractivity contribution in [1.29, 1.82) is 0 Å². The number of aryl methyl sites for hydroxylation is 4. The maximum Gasteiger partial charge on any atom is 0.416 e. The highest BCUT2D eigenvalue weighted by molar-refractivity contribution is 5.92. The Hall–Kier alpha value is -3.16. The predicted molar refractivity (Wildman–Crippen MR) is 102 cm³/mol. The van der Waals surface area contributed by atoms with E-state index in [0.717, 1.165) is 34.5 Å². The SMILES string of the molecule is Cc1cc(C)c(NC(=O)CCc2nc(-c3cccc(C(F)(F)F)c3)no2)c(C)c1. The summed E-state index contributed by atoms with van der Waals surface area (Å²) < 4.78 is 43.6. The Morgan fingerprint density at radius 3 is 2.45 bits per heavy atom. The van der Waals surface area contributed by atoms with Crippen molar-refractivity contribution < 1.29 is 22.5 Å². The van der Waals surface area contributed by atoms with Gasteiger partial charge >= 0.3 is 6.18 Å². The smallest absolute Gasteiger partial charge is 0.339 e. The fourth-order valence-electron chi connectivity index (χ4n) is 3.11. The molecule has 0 bridgehead atoms. The summed E-state index contributed by atoms with van der Waals surface area (Å²) in [5.41, 5.74) is 3.25. The van der Waals surface area contributed by atoms with Gasteiger partial charge in [0, 0.05) is 24.1 Å². The maximum atomic E-state index is 12.8. The first kappa shape index (κ1) is 20.6. The van der Waals surface area contributed by atoms with Gasteiger partial charge in [0.15, 0.2) is 0 Å². The molecule has 8 heteroatoms. The normalized spacial score (nSPS) is 11.5. The second kappa shape index (κ2) is 8.06. The third kappa shape index (κ3) is 5.01. The van der Waals surface area contributed by atoms with Crippen molar-refractivity contribution >= 4 is 11.6 Å². The van der Waals surface area contributed by atoms with Crippen LogP contribution in [-0.2, 0) is 17.4 Å². The highest BCUT2D eigenvalue weighted by Gasteiger charge is 2.30. The van der Waals surface area contributed by atoms with Crippen LogP contribution in [-0.4, -0.2) is 16.0 Å². The van der Waals surface area contributed by atoms with E-state index in [-0.39, 0.29) is 36.0 Å². The molecule has 0 saturated heterocycles. The first-order valence-corrected chi connectivity index (χ1v) is 9.01. The van der Waals surface area contributed by atoms with Crippen molar-refractivity contribution in [3.8, 4) is 11.4 Å². The number of amides is 1. The van der Waals surface area contributed by atoms with Crippen LogP contribution in [0.2, 0.25) is 0 Å². The van der Waals surface area contributed by atoms with Crippen molar-refractivity contribution in [2.24, 2.45) is 0 Å². The highest BCUT2D eigenvalue weighted by atomic mass is 19.4. The molecule has 1 N–H and O–H groups in total. The molecular weight excluding hydrogens is 383 g/mol. The molecule has 1 heterocycles. The van der Waals surface area contributed by atoms with Crippen LogP contribution in [0.15, 0.2) is 40.9 Å². The van der Waals surface area contributed by atoms with Crippen molar-refractivity contribution in [3.05, 3.63) is 64.5 Å². The Bertz CT molecular complexity index is 1020. The van der Waals surface area contributed by atoms with Gasteiger partial charge in [-0.05, 0) is 44.0 Å². The largest absolute Gasteiger partial charge is 0.416 e. The van der Waals surface area contributed by atoms with Crippen molar-refractivity contribution in [2.45, 2.75) is 39.8 Å². The number of nitrogens with one attached hydrogen (secondary N) is 1. The number of aromatic nitrogens is 2. The van der Waals surface area contributed by atoms with E-state index in [1.807, 2.05) is 32.9 Å². The number of halogens is 3. The summed E-state index contributed by atoms with van der Waals surface area (Å²) in [5.74, 6) is 0.0283. The highest BCUT2D eigenvalue weighted by Crippen LogP contribution is 2.31. The summed E-state index contributed by atoms with van der Waals surface area (Å²) in [6, 6.07) is 8.67. The van der Waals surface area contributed by atoms with Crippen LogP contribution in [0.5, 0.6) is 0 Å². The van der Waals surface area contributed by atoms with Crippen LogP contribution < -0.4 is 5.32 Å². The number of hydrogen-bond acceptors (Lipinski definition) is 4. The standard InChI is InChI=1S/C21H20F3N3O2/c1-12-9-13(2)19(14(3)10-12)25-17(28)7-8-18-26-20(27-29-18)15-5-4-6-16(11-15)21(22,23)24/h4-6,9-11H,7-8H2,1-3H3,(H,25,28). The number of hydrogen-bond donors (Lipinski definition) is 1. The van der Waals surface area contributed by atoms with Gasteiger partial charge in [-0.15, -0.1) is 0 Å². The molecule has 3 rings (SSSR count). The molecule has 0 radical (unpaired) electrons. The number of nitrogens with zero attached hydrogens (tertiary/aromatic N) is 2. The summed E-state index contributed by atoms with van der Waals surface area (Å²) >= 11 is 0. The third-order valence-corrected chi connectivity index (χ3v) is 4.42. The van der Waals surface area contributed by atoms with Gasteiger partial charge in [-0.2, -0.15) is 18.2 Å². The Labute approximate surface area is 165 Å². The monoisotopic (exact) mass is 403 g/mol. The summed E-state index contributed by atoms with van der Waals surface area (Å²) in [4.78, 5) is 16.4. The van der Waals surface area contributed by atoms with Crippen LogP contribution in [0.4, 0.5) is 18.9 Å². The Morgan fingerprint density at radius 2 is 1.79 bits per heavy atom. The minimum Gasteiger partial charge on any atom is -0.339 e. The molecule has 0 spiro atoms. The third-order valence-electron chi connectivity index (χ3n) is 4.42. The van der Waals surface area contributed by atoms with Gasteiger partial charge in [-0.3, -0.25) is 4.79 Å². The lowest BCUT2D eigenvalue weighted by Gasteiger charge is -2.12. The van der Waals surface area contributed by atoms with E-state index in [2.05, 4.69) is 15.5 Å². The molecule has 0 unspecified atom stereocenters. The number of benzene rings is 2. The van der Waals surface area contributed by atoms with Crippen molar-refractivity contribution in [1.82, 2.24) is 10.1 Å². The molecule has 0 saturated carbocycles. The zero-order valence-electron chi connectivity index (χ0n) is 16.2. The molecule has 1 aromatic heterocycles. The first-order valence-electron chi connectivity index (χ1n) is 9.01. The van der Waals surface area contributed by atoms with E-state index >= 15 is 0 Å². The molecule has 0 aliphatic rings. The number of rotatable bonds is 5. The van der Waals surface area contributed by atoms with Crippen molar-refractivity contribution in [3.63, 3.8) is 0 Å². The molecule has 1 amide bonds.